The molecule has 122 valence electrons. The van der Waals surface area contributed by atoms with Crippen molar-refractivity contribution >= 4 is 27.7 Å². The summed E-state index contributed by atoms with van der Waals surface area (Å²) in [6, 6.07) is 7.82. The van der Waals surface area contributed by atoms with Crippen molar-refractivity contribution in [3.05, 3.63) is 34.3 Å². The highest BCUT2D eigenvalue weighted by Crippen LogP contribution is 2.44. The molecule has 6 heteroatoms. The summed E-state index contributed by atoms with van der Waals surface area (Å²) in [7, 11) is 0. The number of piperazine rings is 1. The van der Waals surface area contributed by atoms with Gasteiger partial charge in [0, 0.05) is 22.9 Å². The Bertz CT molecular complexity index is 644. The van der Waals surface area contributed by atoms with E-state index < -0.39 is 0 Å². The van der Waals surface area contributed by atoms with E-state index in [1.54, 1.807) is 9.80 Å². The first kappa shape index (κ1) is 15.1. The Morgan fingerprint density at radius 3 is 2.57 bits per heavy atom. The van der Waals surface area contributed by atoms with E-state index in [1.807, 2.05) is 24.3 Å². The Hall–Kier alpha value is -1.40. The highest BCUT2D eigenvalue weighted by Gasteiger charge is 2.55. The first-order chi connectivity index (χ1) is 11.1. The first-order valence-electron chi connectivity index (χ1n) is 8.06. The fourth-order valence-electron chi connectivity index (χ4n) is 3.94. The normalized spacial score (nSPS) is 30.0. The number of fused-ring (bicyclic) bond motifs is 1. The summed E-state index contributed by atoms with van der Waals surface area (Å²) in [6.45, 7) is 0.702. The van der Waals surface area contributed by atoms with Crippen LogP contribution < -0.4 is 0 Å². The second kappa shape index (κ2) is 5.60. The van der Waals surface area contributed by atoms with Crippen LogP contribution in [0, 0.1) is 5.92 Å². The number of benzene rings is 1. The summed E-state index contributed by atoms with van der Waals surface area (Å²) in [5.74, 6) is 0.309. The van der Waals surface area contributed by atoms with Gasteiger partial charge in [-0.2, -0.15) is 0 Å². The van der Waals surface area contributed by atoms with Gasteiger partial charge in [0.15, 0.2) is 0 Å². The van der Waals surface area contributed by atoms with E-state index >= 15 is 0 Å². The van der Waals surface area contributed by atoms with Crippen molar-refractivity contribution in [2.75, 3.05) is 19.7 Å². The van der Waals surface area contributed by atoms with Gasteiger partial charge in [0.1, 0.15) is 0 Å². The third-order valence-corrected chi connectivity index (χ3v) is 5.77. The van der Waals surface area contributed by atoms with E-state index in [0.29, 0.717) is 6.54 Å². The predicted octanol–water partition coefficient (Wildman–Crippen LogP) is 1.36. The fraction of sp³-hybridized carbons (Fsp3) is 0.529. The van der Waals surface area contributed by atoms with E-state index in [1.165, 1.54) is 0 Å². The minimum atomic E-state index is -0.174. The number of rotatable bonds is 3. The van der Waals surface area contributed by atoms with Crippen LogP contribution in [-0.2, 0) is 9.59 Å². The van der Waals surface area contributed by atoms with Crippen molar-refractivity contribution in [1.82, 2.24) is 9.80 Å². The number of hydrogen-bond acceptors (Lipinski definition) is 3. The smallest absolute Gasteiger partial charge is 0.242 e. The van der Waals surface area contributed by atoms with E-state index in [0.717, 1.165) is 22.9 Å². The summed E-state index contributed by atoms with van der Waals surface area (Å²) in [5.41, 5.74) is 1.11. The lowest BCUT2D eigenvalue weighted by molar-refractivity contribution is -0.167. The molecule has 3 aliphatic rings. The summed E-state index contributed by atoms with van der Waals surface area (Å²) in [5, 5.41) is 9.72. The molecule has 0 radical (unpaired) electrons. The molecule has 2 amide bonds. The number of amides is 2. The molecule has 0 unspecified atom stereocenters. The molecule has 2 aliphatic heterocycles. The number of aliphatic hydroxyl groups excluding tert-OH is 1. The molecule has 2 heterocycles. The molecule has 1 aromatic carbocycles. The average Bonchev–Trinajstić information content (AvgIpc) is 3.35. The maximum absolute atomic E-state index is 12.4. The van der Waals surface area contributed by atoms with Gasteiger partial charge >= 0.3 is 0 Å². The molecular formula is C17H19BrN2O3. The van der Waals surface area contributed by atoms with Crippen molar-refractivity contribution in [2.45, 2.75) is 30.8 Å². The minimum Gasteiger partial charge on any atom is -0.394 e. The first-order valence-corrected chi connectivity index (χ1v) is 8.85. The zero-order valence-electron chi connectivity index (χ0n) is 12.7. The Morgan fingerprint density at radius 2 is 1.96 bits per heavy atom. The quantitative estimate of drug-likeness (QED) is 0.863. The molecule has 3 fully saturated rings. The van der Waals surface area contributed by atoms with Gasteiger partial charge in [-0.25, -0.2) is 0 Å². The van der Waals surface area contributed by atoms with Gasteiger partial charge < -0.3 is 14.9 Å². The van der Waals surface area contributed by atoms with Crippen molar-refractivity contribution < 1.29 is 14.7 Å². The van der Waals surface area contributed by atoms with Crippen LogP contribution in [0.3, 0.4) is 0 Å². The molecule has 5 nitrogen and oxygen atoms in total. The van der Waals surface area contributed by atoms with Gasteiger partial charge in [0.25, 0.3) is 0 Å². The molecule has 0 aromatic heterocycles. The third-order valence-electron chi connectivity index (χ3n) is 5.25. The molecule has 4 rings (SSSR count). The van der Waals surface area contributed by atoms with Gasteiger partial charge in [-0.05, 0) is 30.5 Å². The molecule has 1 aliphatic carbocycles. The van der Waals surface area contributed by atoms with Crippen LogP contribution in [0.1, 0.15) is 24.3 Å². The van der Waals surface area contributed by atoms with E-state index in [2.05, 4.69) is 15.9 Å². The largest absolute Gasteiger partial charge is 0.394 e. The molecular weight excluding hydrogens is 360 g/mol. The van der Waals surface area contributed by atoms with E-state index in [-0.39, 0.29) is 48.9 Å². The number of nitrogens with zero attached hydrogens (tertiary/aromatic N) is 2. The molecule has 1 saturated carbocycles. The number of halogens is 1. The lowest BCUT2D eigenvalue weighted by Crippen LogP contribution is -2.73. The molecule has 23 heavy (non-hydrogen) atoms. The van der Waals surface area contributed by atoms with Gasteiger partial charge in [0.05, 0.1) is 25.2 Å². The standard InChI is InChI=1S/C17H19BrN2O3/c18-12-5-3-10(4-6-12)16-13-7-19(17(23)11-1-2-11)8-15(22)20(13)14(16)9-21/h3-6,11,13-14,16,21H,1-2,7-9H2/t13-,14+,16+/m0/s1. The lowest BCUT2D eigenvalue weighted by Gasteiger charge is -2.58. The molecule has 2 saturated heterocycles. The number of aliphatic hydroxyl groups is 1. The zero-order valence-corrected chi connectivity index (χ0v) is 14.3. The summed E-state index contributed by atoms with van der Waals surface area (Å²) in [4.78, 5) is 28.3. The van der Waals surface area contributed by atoms with Crippen LogP contribution in [0.4, 0.5) is 0 Å². The minimum absolute atomic E-state index is 0.0164. The molecule has 0 spiro atoms. The van der Waals surface area contributed by atoms with Crippen LogP contribution in [-0.4, -0.2) is 58.5 Å². The summed E-state index contributed by atoms with van der Waals surface area (Å²) >= 11 is 3.43. The summed E-state index contributed by atoms with van der Waals surface area (Å²) < 4.78 is 1.00. The second-order valence-corrected chi connectivity index (χ2v) is 7.60. The third kappa shape index (κ3) is 2.48. The van der Waals surface area contributed by atoms with Crippen molar-refractivity contribution in [3.8, 4) is 0 Å². The molecule has 1 aromatic rings. The van der Waals surface area contributed by atoms with Crippen LogP contribution >= 0.6 is 15.9 Å². The Balaban J connectivity index is 1.58. The van der Waals surface area contributed by atoms with Gasteiger partial charge in [-0.3, -0.25) is 9.59 Å². The van der Waals surface area contributed by atoms with Gasteiger partial charge in [0.2, 0.25) is 11.8 Å². The average molecular weight is 379 g/mol. The fourth-order valence-corrected chi connectivity index (χ4v) is 4.21. The van der Waals surface area contributed by atoms with E-state index in [4.69, 9.17) is 0 Å². The highest BCUT2D eigenvalue weighted by atomic mass is 79.9. The highest BCUT2D eigenvalue weighted by molar-refractivity contribution is 9.10. The number of hydrogen-bond donors (Lipinski definition) is 1. The lowest BCUT2D eigenvalue weighted by atomic mass is 9.73. The van der Waals surface area contributed by atoms with Crippen molar-refractivity contribution in [3.63, 3.8) is 0 Å². The predicted molar refractivity (Wildman–Crippen MR) is 87.7 cm³/mol. The van der Waals surface area contributed by atoms with E-state index in [9.17, 15) is 14.7 Å². The van der Waals surface area contributed by atoms with Crippen LogP contribution in [0.25, 0.3) is 0 Å². The molecule has 0 bridgehead atoms. The second-order valence-electron chi connectivity index (χ2n) is 6.69. The number of carbonyl (C=O) groups excluding carboxylic acids is 2. The maximum atomic E-state index is 12.4. The van der Waals surface area contributed by atoms with Crippen LogP contribution in [0.15, 0.2) is 28.7 Å². The Labute approximate surface area is 143 Å². The monoisotopic (exact) mass is 378 g/mol. The van der Waals surface area contributed by atoms with Gasteiger partial charge in [-0.1, -0.05) is 28.1 Å². The zero-order chi connectivity index (χ0) is 16.1. The van der Waals surface area contributed by atoms with Crippen molar-refractivity contribution in [2.24, 2.45) is 5.92 Å². The maximum Gasteiger partial charge on any atom is 0.242 e. The number of carbonyl (C=O) groups is 2. The van der Waals surface area contributed by atoms with Gasteiger partial charge in [-0.15, -0.1) is 0 Å². The Morgan fingerprint density at radius 1 is 1.26 bits per heavy atom. The SMILES string of the molecule is O=C(C1CC1)N1CC(=O)N2[C@H](CO)[C@H](c3ccc(Br)cc3)[C@@H]2C1. The Kier molecular flexibility index (Phi) is 3.69. The molecule has 1 N–H and O–H groups in total. The molecule has 3 atom stereocenters. The topological polar surface area (TPSA) is 60.9 Å². The van der Waals surface area contributed by atoms with Crippen molar-refractivity contribution in [1.29, 1.82) is 0 Å². The van der Waals surface area contributed by atoms with Crippen LogP contribution in [0.2, 0.25) is 0 Å². The van der Waals surface area contributed by atoms with Crippen LogP contribution in [0.5, 0.6) is 0 Å². The summed E-state index contributed by atoms with van der Waals surface area (Å²) in [6.07, 6.45) is 1.90.